The molecule has 0 unspecified atom stereocenters. The van der Waals surface area contributed by atoms with Gasteiger partial charge in [0.1, 0.15) is 18.9 Å². The van der Waals surface area contributed by atoms with Gasteiger partial charge in [0.05, 0.1) is 5.56 Å². The second-order valence-electron chi connectivity index (χ2n) is 3.58. The van der Waals surface area contributed by atoms with Gasteiger partial charge in [-0.15, -0.1) is 0 Å². The number of amides is 1. The van der Waals surface area contributed by atoms with Crippen LogP contribution in [0.15, 0.2) is 18.2 Å². The summed E-state index contributed by atoms with van der Waals surface area (Å²) < 4.78 is 41.2. The lowest BCUT2D eigenvalue weighted by Gasteiger charge is -2.12. The first-order valence-electron chi connectivity index (χ1n) is 5.31. The van der Waals surface area contributed by atoms with Gasteiger partial charge < -0.3 is 15.8 Å². The van der Waals surface area contributed by atoms with Gasteiger partial charge in [-0.3, -0.25) is 4.79 Å². The predicted molar refractivity (Wildman–Crippen MR) is 64.4 cm³/mol. The molecular formula is C11H12ClF3N2O2. The summed E-state index contributed by atoms with van der Waals surface area (Å²) >= 11 is 5.70. The van der Waals surface area contributed by atoms with Crippen LogP contribution in [0.3, 0.4) is 0 Å². The molecule has 4 nitrogen and oxygen atoms in total. The molecule has 1 rings (SSSR count). The van der Waals surface area contributed by atoms with Crippen molar-refractivity contribution >= 4 is 17.5 Å². The lowest BCUT2D eigenvalue weighted by Crippen LogP contribution is -2.34. The van der Waals surface area contributed by atoms with Crippen molar-refractivity contribution < 1.29 is 22.7 Å². The molecule has 19 heavy (non-hydrogen) atoms. The van der Waals surface area contributed by atoms with Crippen LogP contribution >= 0.6 is 11.6 Å². The Morgan fingerprint density at radius 1 is 1.42 bits per heavy atom. The number of carbonyl (C=O) groups is 1. The highest BCUT2D eigenvalue weighted by atomic mass is 35.5. The van der Waals surface area contributed by atoms with Crippen LogP contribution in [0.25, 0.3) is 0 Å². The maximum atomic E-state index is 12.0. The Kier molecular flexibility index (Phi) is 5.44. The second kappa shape index (κ2) is 6.63. The number of nitrogens with two attached hydrogens (primary N) is 1. The molecular weight excluding hydrogens is 285 g/mol. The largest absolute Gasteiger partial charge is 0.491 e. The van der Waals surface area contributed by atoms with E-state index in [4.69, 9.17) is 22.1 Å². The molecule has 0 fully saturated rings. The number of hydrogen-bond donors (Lipinski definition) is 2. The molecule has 0 saturated carbocycles. The van der Waals surface area contributed by atoms with Gasteiger partial charge in [0.2, 0.25) is 0 Å². The Hall–Kier alpha value is -1.47. The highest BCUT2D eigenvalue weighted by molar-refractivity contribution is 6.31. The molecule has 1 aromatic rings. The van der Waals surface area contributed by atoms with Crippen LogP contribution < -0.4 is 15.8 Å². The summed E-state index contributed by atoms with van der Waals surface area (Å²) in [6.07, 6.45) is -4.48. The SMILES string of the molecule is NCCOc1ccc(Cl)cc1C(=O)NCC(F)(F)F. The van der Waals surface area contributed by atoms with Crippen molar-refractivity contribution in [3.63, 3.8) is 0 Å². The fourth-order valence-electron chi connectivity index (χ4n) is 1.25. The quantitative estimate of drug-likeness (QED) is 0.873. The van der Waals surface area contributed by atoms with Gasteiger partial charge in [-0.2, -0.15) is 13.2 Å². The number of alkyl halides is 3. The molecule has 0 aliphatic heterocycles. The number of rotatable bonds is 5. The van der Waals surface area contributed by atoms with E-state index in [1.807, 2.05) is 0 Å². The number of benzene rings is 1. The zero-order valence-electron chi connectivity index (χ0n) is 9.76. The van der Waals surface area contributed by atoms with Crippen molar-refractivity contribution in [1.29, 1.82) is 0 Å². The van der Waals surface area contributed by atoms with Crippen LogP contribution in [0.1, 0.15) is 10.4 Å². The summed E-state index contributed by atoms with van der Waals surface area (Å²) in [7, 11) is 0. The van der Waals surface area contributed by atoms with E-state index in [1.165, 1.54) is 18.2 Å². The minimum Gasteiger partial charge on any atom is -0.491 e. The summed E-state index contributed by atoms with van der Waals surface area (Å²) in [5.74, 6) is -0.777. The number of nitrogens with one attached hydrogen (secondary N) is 1. The number of carbonyl (C=O) groups excluding carboxylic acids is 1. The summed E-state index contributed by atoms with van der Waals surface area (Å²) in [5.41, 5.74) is 5.18. The Bertz CT molecular complexity index is 452. The van der Waals surface area contributed by atoms with Gasteiger partial charge in [0.15, 0.2) is 0 Å². The molecule has 0 atom stereocenters. The number of halogens is 4. The van der Waals surface area contributed by atoms with E-state index in [9.17, 15) is 18.0 Å². The van der Waals surface area contributed by atoms with Gasteiger partial charge in [-0.25, -0.2) is 0 Å². The van der Waals surface area contributed by atoms with Crippen molar-refractivity contribution in [3.8, 4) is 5.75 Å². The summed E-state index contributed by atoms with van der Waals surface area (Å²) in [5, 5.41) is 1.97. The van der Waals surface area contributed by atoms with Gasteiger partial charge in [-0.05, 0) is 18.2 Å². The van der Waals surface area contributed by atoms with E-state index in [-0.39, 0.29) is 29.5 Å². The molecule has 0 aliphatic carbocycles. The smallest absolute Gasteiger partial charge is 0.405 e. The third-order valence-corrected chi connectivity index (χ3v) is 2.25. The predicted octanol–water partition coefficient (Wildman–Crippen LogP) is 1.97. The maximum Gasteiger partial charge on any atom is 0.405 e. The standard InChI is InChI=1S/C11H12ClF3N2O2/c12-7-1-2-9(19-4-3-16)8(5-7)10(18)17-6-11(13,14)15/h1-2,5H,3-4,6,16H2,(H,17,18). The Labute approximate surface area is 112 Å². The van der Waals surface area contributed by atoms with Gasteiger partial charge in [0, 0.05) is 11.6 Å². The van der Waals surface area contributed by atoms with Crippen molar-refractivity contribution in [3.05, 3.63) is 28.8 Å². The molecule has 8 heteroatoms. The molecule has 0 bridgehead atoms. The van der Waals surface area contributed by atoms with Crippen LogP contribution in [-0.2, 0) is 0 Å². The van der Waals surface area contributed by atoms with Gasteiger partial charge in [0.25, 0.3) is 5.91 Å². The summed E-state index contributed by atoms with van der Waals surface area (Å²) in [4.78, 5) is 11.6. The van der Waals surface area contributed by atoms with E-state index in [0.29, 0.717) is 0 Å². The van der Waals surface area contributed by atoms with Crippen molar-refractivity contribution in [1.82, 2.24) is 5.32 Å². The molecule has 0 aliphatic rings. The average Bonchev–Trinajstić information content (AvgIpc) is 2.33. The first kappa shape index (κ1) is 15.6. The minimum atomic E-state index is -4.48. The third kappa shape index (κ3) is 5.35. The molecule has 106 valence electrons. The highest BCUT2D eigenvalue weighted by Gasteiger charge is 2.28. The first-order chi connectivity index (χ1) is 8.83. The van der Waals surface area contributed by atoms with E-state index < -0.39 is 18.6 Å². The lowest BCUT2D eigenvalue weighted by molar-refractivity contribution is -0.123. The number of ether oxygens (including phenoxy) is 1. The highest BCUT2D eigenvalue weighted by Crippen LogP contribution is 2.23. The van der Waals surface area contributed by atoms with Crippen LogP contribution in [0, 0.1) is 0 Å². The van der Waals surface area contributed by atoms with Crippen LogP contribution in [0.4, 0.5) is 13.2 Å². The zero-order valence-corrected chi connectivity index (χ0v) is 10.5. The van der Waals surface area contributed by atoms with E-state index >= 15 is 0 Å². The Balaban J connectivity index is 2.84. The fraction of sp³-hybridized carbons (Fsp3) is 0.364. The lowest BCUT2D eigenvalue weighted by atomic mass is 10.2. The normalized spacial score (nSPS) is 11.2. The first-order valence-corrected chi connectivity index (χ1v) is 5.68. The maximum absolute atomic E-state index is 12.0. The van der Waals surface area contributed by atoms with Crippen molar-refractivity contribution in [2.75, 3.05) is 19.7 Å². The topological polar surface area (TPSA) is 64.3 Å². The van der Waals surface area contributed by atoms with Gasteiger partial charge in [-0.1, -0.05) is 11.6 Å². The van der Waals surface area contributed by atoms with E-state index in [1.54, 1.807) is 5.32 Å². The molecule has 0 saturated heterocycles. The molecule has 0 aromatic heterocycles. The monoisotopic (exact) mass is 296 g/mol. The third-order valence-electron chi connectivity index (χ3n) is 2.01. The van der Waals surface area contributed by atoms with Gasteiger partial charge >= 0.3 is 6.18 Å². The average molecular weight is 297 g/mol. The minimum absolute atomic E-state index is 0.0646. The molecule has 0 heterocycles. The van der Waals surface area contributed by atoms with Crippen molar-refractivity contribution in [2.24, 2.45) is 5.73 Å². The Morgan fingerprint density at radius 2 is 2.11 bits per heavy atom. The summed E-state index contributed by atoms with van der Waals surface area (Å²) in [6, 6.07) is 4.10. The van der Waals surface area contributed by atoms with E-state index in [2.05, 4.69) is 0 Å². The molecule has 3 N–H and O–H groups in total. The Morgan fingerprint density at radius 3 is 2.68 bits per heavy atom. The van der Waals surface area contributed by atoms with Crippen molar-refractivity contribution in [2.45, 2.75) is 6.18 Å². The molecule has 0 spiro atoms. The van der Waals surface area contributed by atoms with Crippen LogP contribution in [-0.4, -0.2) is 31.8 Å². The summed E-state index contributed by atoms with van der Waals surface area (Å²) in [6.45, 7) is -1.07. The second-order valence-corrected chi connectivity index (χ2v) is 4.01. The van der Waals surface area contributed by atoms with E-state index in [0.717, 1.165) is 0 Å². The van der Waals surface area contributed by atoms with Crippen LogP contribution in [0.5, 0.6) is 5.75 Å². The number of hydrogen-bond acceptors (Lipinski definition) is 3. The fourth-order valence-corrected chi connectivity index (χ4v) is 1.42. The zero-order chi connectivity index (χ0) is 14.5. The molecule has 1 amide bonds. The molecule has 1 aromatic carbocycles. The molecule has 0 radical (unpaired) electrons. The van der Waals surface area contributed by atoms with Crippen LogP contribution in [0.2, 0.25) is 5.02 Å².